The Labute approximate surface area is 170 Å². The topological polar surface area (TPSA) is 116 Å². The predicted molar refractivity (Wildman–Crippen MR) is 108 cm³/mol. The zero-order valence-electron chi connectivity index (χ0n) is 16.7. The van der Waals surface area contributed by atoms with Gasteiger partial charge in [0, 0.05) is 18.2 Å². The van der Waals surface area contributed by atoms with Crippen molar-refractivity contribution in [2.75, 3.05) is 12.3 Å². The highest BCUT2D eigenvalue weighted by molar-refractivity contribution is 5.92. The largest absolute Gasteiger partial charge is 0.452 e. The van der Waals surface area contributed by atoms with Crippen molar-refractivity contribution in [1.29, 1.82) is 0 Å². The molecular weight excluding hydrogens is 374 g/mol. The molecule has 2 fully saturated rings. The van der Waals surface area contributed by atoms with Crippen molar-refractivity contribution in [2.24, 2.45) is 0 Å². The number of nitrogen functional groups attached to an aromatic ring is 1. The number of esters is 1. The van der Waals surface area contributed by atoms with E-state index in [2.05, 4.69) is 0 Å². The quantitative estimate of drug-likeness (QED) is 0.334. The molecule has 8 nitrogen and oxygen atoms in total. The maximum atomic E-state index is 13.0. The molecule has 1 amide bonds. The van der Waals surface area contributed by atoms with Crippen LogP contribution in [0.4, 0.5) is 11.4 Å². The van der Waals surface area contributed by atoms with Gasteiger partial charge < -0.3 is 15.4 Å². The molecule has 0 aromatic heterocycles. The maximum absolute atomic E-state index is 13.0. The minimum Gasteiger partial charge on any atom is -0.452 e. The number of nitrogens with two attached hydrogens (primary N) is 1. The third-order valence-corrected chi connectivity index (χ3v) is 6.01. The molecule has 0 aliphatic heterocycles. The van der Waals surface area contributed by atoms with Gasteiger partial charge in [-0.3, -0.25) is 14.9 Å². The Morgan fingerprint density at radius 1 is 1.03 bits per heavy atom. The van der Waals surface area contributed by atoms with Crippen LogP contribution in [0.3, 0.4) is 0 Å². The summed E-state index contributed by atoms with van der Waals surface area (Å²) in [7, 11) is 0. The number of benzene rings is 1. The molecule has 0 atom stereocenters. The third-order valence-electron chi connectivity index (χ3n) is 6.01. The summed E-state index contributed by atoms with van der Waals surface area (Å²) in [6.45, 7) is -0.343. The van der Waals surface area contributed by atoms with Crippen molar-refractivity contribution in [3.8, 4) is 0 Å². The molecule has 1 aromatic rings. The number of anilines is 1. The molecule has 8 heteroatoms. The van der Waals surface area contributed by atoms with Crippen LogP contribution in [0, 0.1) is 10.1 Å². The van der Waals surface area contributed by atoms with E-state index in [1.54, 1.807) is 0 Å². The zero-order chi connectivity index (χ0) is 20.8. The van der Waals surface area contributed by atoms with Crippen LogP contribution in [0.15, 0.2) is 18.2 Å². The predicted octanol–water partition coefficient (Wildman–Crippen LogP) is 3.83. The maximum Gasteiger partial charge on any atom is 0.338 e. The molecule has 2 aliphatic carbocycles. The summed E-state index contributed by atoms with van der Waals surface area (Å²) in [5.41, 5.74) is 5.20. The van der Waals surface area contributed by atoms with Gasteiger partial charge in [0.25, 0.3) is 11.6 Å². The lowest BCUT2D eigenvalue weighted by Gasteiger charge is -2.41. The number of rotatable bonds is 6. The summed E-state index contributed by atoms with van der Waals surface area (Å²) >= 11 is 0. The van der Waals surface area contributed by atoms with Gasteiger partial charge >= 0.3 is 5.97 Å². The Hall–Kier alpha value is -2.64. The molecule has 1 aromatic carbocycles. The van der Waals surface area contributed by atoms with E-state index in [9.17, 15) is 19.7 Å². The molecule has 0 heterocycles. The number of nitro benzene ring substituents is 1. The van der Waals surface area contributed by atoms with E-state index in [4.69, 9.17) is 10.5 Å². The average Bonchev–Trinajstić information content (AvgIpc) is 2.74. The number of hydrogen-bond donors (Lipinski definition) is 1. The number of ether oxygens (including phenoxy) is 1. The molecule has 29 heavy (non-hydrogen) atoms. The van der Waals surface area contributed by atoms with Crippen molar-refractivity contribution in [1.82, 2.24) is 4.90 Å². The molecule has 2 saturated carbocycles. The average molecular weight is 403 g/mol. The summed E-state index contributed by atoms with van der Waals surface area (Å²) < 4.78 is 5.23. The van der Waals surface area contributed by atoms with Crippen LogP contribution < -0.4 is 5.73 Å². The summed E-state index contributed by atoms with van der Waals surface area (Å²) in [4.78, 5) is 37.7. The third kappa shape index (κ3) is 5.25. The monoisotopic (exact) mass is 403 g/mol. The van der Waals surface area contributed by atoms with Crippen LogP contribution in [-0.2, 0) is 9.53 Å². The summed E-state index contributed by atoms with van der Waals surface area (Å²) in [5, 5.41) is 11.0. The number of amides is 1. The van der Waals surface area contributed by atoms with Crippen molar-refractivity contribution in [2.45, 2.75) is 76.3 Å². The second kappa shape index (κ2) is 9.71. The van der Waals surface area contributed by atoms with Gasteiger partial charge in [-0.1, -0.05) is 38.5 Å². The zero-order valence-corrected chi connectivity index (χ0v) is 16.7. The Balaban J connectivity index is 1.66. The molecule has 2 aliphatic rings. The van der Waals surface area contributed by atoms with Gasteiger partial charge in [0.05, 0.1) is 10.5 Å². The fourth-order valence-electron chi connectivity index (χ4n) is 4.54. The highest BCUT2D eigenvalue weighted by atomic mass is 16.6. The number of hydrogen-bond acceptors (Lipinski definition) is 6. The molecule has 0 spiro atoms. The number of carbonyl (C=O) groups is 2. The minimum atomic E-state index is -0.756. The second-order valence-electron chi connectivity index (χ2n) is 7.99. The van der Waals surface area contributed by atoms with E-state index < -0.39 is 10.9 Å². The van der Waals surface area contributed by atoms with Gasteiger partial charge in [-0.15, -0.1) is 0 Å². The summed E-state index contributed by atoms with van der Waals surface area (Å²) in [5.74, 6) is -0.921. The van der Waals surface area contributed by atoms with E-state index in [1.807, 2.05) is 4.90 Å². The molecular formula is C21H29N3O5. The molecule has 158 valence electrons. The number of nitrogens with zero attached hydrogens (tertiary/aromatic N) is 2. The Kier molecular flexibility index (Phi) is 7.06. The van der Waals surface area contributed by atoms with Crippen molar-refractivity contribution < 1.29 is 19.2 Å². The Bertz CT molecular complexity index is 737. The van der Waals surface area contributed by atoms with E-state index >= 15 is 0 Å². The van der Waals surface area contributed by atoms with Crippen LogP contribution in [0.1, 0.15) is 74.6 Å². The fraction of sp³-hybridized carbons (Fsp3) is 0.619. The van der Waals surface area contributed by atoms with Crippen molar-refractivity contribution >= 4 is 23.3 Å². The molecule has 0 unspecified atom stereocenters. The molecule has 3 rings (SSSR count). The van der Waals surface area contributed by atoms with Gasteiger partial charge in [-0.2, -0.15) is 0 Å². The van der Waals surface area contributed by atoms with Crippen LogP contribution in [0.25, 0.3) is 0 Å². The highest BCUT2D eigenvalue weighted by Crippen LogP contribution is 2.30. The molecule has 0 radical (unpaired) electrons. The highest BCUT2D eigenvalue weighted by Gasteiger charge is 2.33. The van der Waals surface area contributed by atoms with Gasteiger partial charge in [0.1, 0.15) is 5.69 Å². The molecule has 0 saturated heterocycles. The van der Waals surface area contributed by atoms with E-state index in [0.717, 1.165) is 57.4 Å². The first-order chi connectivity index (χ1) is 14.0. The fourth-order valence-corrected chi connectivity index (χ4v) is 4.54. The van der Waals surface area contributed by atoms with Crippen LogP contribution >= 0.6 is 0 Å². The van der Waals surface area contributed by atoms with E-state index in [-0.39, 0.29) is 41.5 Å². The van der Waals surface area contributed by atoms with E-state index in [1.165, 1.54) is 25.0 Å². The minimum absolute atomic E-state index is 0.0144. The normalized spacial score (nSPS) is 18.2. The van der Waals surface area contributed by atoms with Gasteiger partial charge in [-0.25, -0.2) is 4.79 Å². The van der Waals surface area contributed by atoms with Gasteiger partial charge in [0.15, 0.2) is 6.61 Å². The Morgan fingerprint density at radius 3 is 2.10 bits per heavy atom. The lowest BCUT2D eigenvalue weighted by atomic mass is 9.88. The summed E-state index contributed by atoms with van der Waals surface area (Å²) in [6.07, 6.45) is 10.9. The van der Waals surface area contributed by atoms with Gasteiger partial charge in [0.2, 0.25) is 0 Å². The number of nitro groups is 1. The number of carbonyl (C=O) groups excluding carboxylic acids is 2. The lowest BCUT2D eigenvalue weighted by molar-refractivity contribution is -0.383. The van der Waals surface area contributed by atoms with Crippen LogP contribution in [0.2, 0.25) is 0 Å². The summed E-state index contributed by atoms with van der Waals surface area (Å²) in [6, 6.07) is 4.19. The second-order valence-corrected chi connectivity index (χ2v) is 7.99. The molecule has 2 N–H and O–H groups in total. The van der Waals surface area contributed by atoms with Gasteiger partial charge in [-0.05, 0) is 37.8 Å². The van der Waals surface area contributed by atoms with Crippen LogP contribution in [0.5, 0.6) is 0 Å². The first kappa shape index (κ1) is 21.1. The van der Waals surface area contributed by atoms with Crippen molar-refractivity contribution in [3.05, 3.63) is 33.9 Å². The molecule has 0 bridgehead atoms. The van der Waals surface area contributed by atoms with Crippen molar-refractivity contribution in [3.63, 3.8) is 0 Å². The smallest absolute Gasteiger partial charge is 0.338 e. The van der Waals surface area contributed by atoms with E-state index in [0.29, 0.717) is 0 Å². The Morgan fingerprint density at radius 2 is 1.59 bits per heavy atom. The first-order valence-electron chi connectivity index (χ1n) is 10.5. The first-order valence-corrected chi connectivity index (χ1v) is 10.5. The standard InChI is InChI=1S/C21H29N3O5/c22-18-12-11-15(13-19(18)24(27)28)21(26)29-14-20(25)23(16-7-3-1-4-8-16)17-9-5-2-6-10-17/h11-13,16-17H,1-10,14,22H2. The SMILES string of the molecule is Nc1ccc(C(=O)OCC(=O)N(C2CCCCC2)C2CCCCC2)cc1[N+](=O)[O-]. The van der Waals surface area contributed by atoms with Crippen LogP contribution in [-0.4, -0.2) is 40.4 Å². The lowest BCUT2D eigenvalue weighted by Crippen LogP contribution is -2.50.